The van der Waals surface area contributed by atoms with Crippen molar-refractivity contribution < 1.29 is 8.42 Å². The van der Waals surface area contributed by atoms with Crippen LogP contribution in [0.15, 0.2) is 23.1 Å². The summed E-state index contributed by atoms with van der Waals surface area (Å²) in [7, 11) is -3.38. The first-order chi connectivity index (χ1) is 9.49. The zero-order valence-electron chi connectivity index (χ0n) is 12.4. The Labute approximate surface area is 122 Å². The summed E-state index contributed by atoms with van der Waals surface area (Å²) in [6, 6.07) is 5.52. The number of nitrogens with one attached hydrogen (secondary N) is 1. The van der Waals surface area contributed by atoms with Crippen LogP contribution in [0.5, 0.6) is 0 Å². The summed E-state index contributed by atoms with van der Waals surface area (Å²) in [6.45, 7) is 7.54. The van der Waals surface area contributed by atoms with Crippen LogP contribution in [0.3, 0.4) is 0 Å². The van der Waals surface area contributed by atoms with Gasteiger partial charge in [0.25, 0.3) is 0 Å². The Hall–Kier alpha value is -0.910. The zero-order chi connectivity index (χ0) is 14.6. The first-order valence-corrected chi connectivity index (χ1v) is 8.77. The van der Waals surface area contributed by atoms with Crippen molar-refractivity contribution in [1.82, 2.24) is 9.62 Å². The van der Waals surface area contributed by atoms with Crippen molar-refractivity contribution in [2.45, 2.75) is 38.0 Å². The van der Waals surface area contributed by atoms with Crippen molar-refractivity contribution in [3.8, 4) is 0 Å². The van der Waals surface area contributed by atoms with Crippen LogP contribution in [0.2, 0.25) is 0 Å². The first-order valence-electron chi connectivity index (χ1n) is 7.28. The van der Waals surface area contributed by atoms with Gasteiger partial charge in [-0.15, -0.1) is 0 Å². The molecule has 0 saturated carbocycles. The predicted molar refractivity (Wildman–Crippen MR) is 81.4 cm³/mol. The van der Waals surface area contributed by atoms with Crippen LogP contribution >= 0.6 is 0 Å². The van der Waals surface area contributed by atoms with Gasteiger partial charge in [-0.1, -0.05) is 12.1 Å². The predicted octanol–water partition coefficient (Wildman–Crippen LogP) is 2.07. The topological polar surface area (TPSA) is 49.4 Å². The van der Waals surface area contributed by atoms with Crippen molar-refractivity contribution in [1.29, 1.82) is 0 Å². The van der Waals surface area contributed by atoms with E-state index in [1.165, 1.54) is 12.8 Å². The molecule has 0 bridgehead atoms. The number of nitrogens with zero attached hydrogens (tertiary/aromatic N) is 1. The molecule has 20 heavy (non-hydrogen) atoms. The lowest BCUT2D eigenvalue weighted by atomic mass is 10.2. The number of hydrogen-bond donors (Lipinski definition) is 1. The number of rotatable bonds is 6. The molecule has 1 aromatic carbocycles. The highest BCUT2D eigenvalue weighted by molar-refractivity contribution is 7.89. The lowest BCUT2D eigenvalue weighted by Gasteiger charge is -2.15. The van der Waals surface area contributed by atoms with E-state index in [-0.39, 0.29) is 0 Å². The molecule has 1 aliphatic heterocycles. The van der Waals surface area contributed by atoms with Gasteiger partial charge >= 0.3 is 0 Å². The van der Waals surface area contributed by atoms with Crippen LogP contribution in [0.4, 0.5) is 0 Å². The van der Waals surface area contributed by atoms with Crippen molar-refractivity contribution in [2.24, 2.45) is 0 Å². The van der Waals surface area contributed by atoms with Gasteiger partial charge in [-0.3, -0.25) is 0 Å². The summed E-state index contributed by atoms with van der Waals surface area (Å²) in [5.41, 5.74) is 1.76. The minimum atomic E-state index is -3.38. The van der Waals surface area contributed by atoms with E-state index in [0.29, 0.717) is 11.4 Å². The molecular weight excluding hydrogens is 272 g/mol. The highest BCUT2D eigenvalue weighted by atomic mass is 32.2. The molecule has 0 radical (unpaired) electrons. The van der Waals surface area contributed by atoms with Gasteiger partial charge < -0.3 is 4.90 Å². The summed E-state index contributed by atoms with van der Waals surface area (Å²) >= 11 is 0. The molecule has 112 valence electrons. The molecular formula is C15H24N2O2S. The zero-order valence-corrected chi connectivity index (χ0v) is 13.2. The first kappa shape index (κ1) is 15.5. The Bertz CT molecular complexity index is 549. The molecule has 0 unspecified atom stereocenters. The van der Waals surface area contributed by atoms with E-state index in [2.05, 4.69) is 9.62 Å². The maximum absolute atomic E-state index is 12.3. The van der Waals surface area contributed by atoms with Crippen LogP contribution in [0.25, 0.3) is 0 Å². The number of benzene rings is 1. The average Bonchev–Trinajstić information content (AvgIpc) is 2.90. The monoisotopic (exact) mass is 296 g/mol. The number of aryl methyl sites for hydroxylation is 2. The Morgan fingerprint density at radius 2 is 1.90 bits per heavy atom. The third-order valence-electron chi connectivity index (χ3n) is 3.78. The highest BCUT2D eigenvalue weighted by Crippen LogP contribution is 2.16. The standard InChI is InChI=1S/C15H24N2O2S/c1-13-6-7-14(2)15(12-13)20(18,19)16-8-5-11-17-9-3-4-10-17/h6-7,12,16H,3-5,8-11H2,1-2H3. The molecule has 1 saturated heterocycles. The second kappa shape index (κ2) is 6.70. The van der Waals surface area contributed by atoms with Crippen LogP contribution in [0.1, 0.15) is 30.4 Å². The third kappa shape index (κ3) is 4.04. The van der Waals surface area contributed by atoms with Crippen molar-refractivity contribution in [3.63, 3.8) is 0 Å². The number of likely N-dealkylation sites (tertiary alicyclic amines) is 1. The van der Waals surface area contributed by atoms with E-state index < -0.39 is 10.0 Å². The quantitative estimate of drug-likeness (QED) is 0.818. The maximum atomic E-state index is 12.3. The van der Waals surface area contributed by atoms with Gasteiger partial charge in [-0.2, -0.15) is 0 Å². The highest BCUT2D eigenvalue weighted by Gasteiger charge is 2.17. The molecule has 4 nitrogen and oxygen atoms in total. The fraction of sp³-hybridized carbons (Fsp3) is 0.600. The molecule has 1 aromatic rings. The molecule has 1 heterocycles. The average molecular weight is 296 g/mol. The maximum Gasteiger partial charge on any atom is 0.240 e. The molecule has 5 heteroatoms. The minimum Gasteiger partial charge on any atom is -0.303 e. The minimum absolute atomic E-state index is 0.402. The van der Waals surface area contributed by atoms with E-state index in [0.717, 1.165) is 37.2 Å². The third-order valence-corrected chi connectivity index (χ3v) is 5.38. The summed E-state index contributed by atoms with van der Waals surface area (Å²) < 4.78 is 27.3. The molecule has 0 aliphatic carbocycles. The summed E-state index contributed by atoms with van der Waals surface area (Å²) in [5, 5.41) is 0. The van der Waals surface area contributed by atoms with E-state index in [9.17, 15) is 8.42 Å². The normalized spacial score (nSPS) is 16.7. The summed E-state index contributed by atoms with van der Waals surface area (Å²) in [5.74, 6) is 0. The molecule has 0 atom stereocenters. The Balaban J connectivity index is 1.88. The van der Waals surface area contributed by atoms with Gasteiger partial charge in [-0.05, 0) is 69.9 Å². The van der Waals surface area contributed by atoms with E-state index in [1.807, 2.05) is 26.0 Å². The van der Waals surface area contributed by atoms with Crippen LogP contribution in [-0.2, 0) is 10.0 Å². The van der Waals surface area contributed by atoms with Crippen LogP contribution in [-0.4, -0.2) is 39.5 Å². The van der Waals surface area contributed by atoms with Gasteiger partial charge in [0.15, 0.2) is 0 Å². The molecule has 0 amide bonds. The lowest BCUT2D eigenvalue weighted by molar-refractivity contribution is 0.334. The molecule has 2 rings (SSSR count). The van der Waals surface area contributed by atoms with Crippen LogP contribution in [0, 0.1) is 13.8 Å². The fourth-order valence-electron chi connectivity index (χ4n) is 2.59. The van der Waals surface area contributed by atoms with Gasteiger partial charge in [-0.25, -0.2) is 13.1 Å². The molecule has 1 fully saturated rings. The second-order valence-corrected chi connectivity index (χ2v) is 7.30. The van der Waals surface area contributed by atoms with Crippen LogP contribution < -0.4 is 4.72 Å². The lowest BCUT2D eigenvalue weighted by Crippen LogP contribution is -2.29. The molecule has 0 aromatic heterocycles. The smallest absolute Gasteiger partial charge is 0.240 e. The SMILES string of the molecule is Cc1ccc(C)c(S(=O)(=O)NCCCN2CCCC2)c1. The summed E-state index contributed by atoms with van der Waals surface area (Å²) in [4.78, 5) is 2.80. The van der Waals surface area contributed by atoms with Gasteiger partial charge in [0.2, 0.25) is 10.0 Å². The Morgan fingerprint density at radius 1 is 1.20 bits per heavy atom. The Kier molecular flexibility index (Phi) is 5.18. The van der Waals surface area contributed by atoms with Gasteiger partial charge in [0.1, 0.15) is 0 Å². The van der Waals surface area contributed by atoms with Gasteiger partial charge in [0.05, 0.1) is 4.90 Å². The van der Waals surface area contributed by atoms with E-state index in [1.54, 1.807) is 6.07 Å². The van der Waals surface area contributed by atoms with Crippen molar-refractivity contribution in [3.05, 3.63) is 29.3 Å². The number of sulfonamides is 1. The van der Waals surface area contributed by atoms with E-state index in [4.69, 9.17) is 0 Å². The largest absolute Gasteiger partial charge is 0.303 e. The summed E-state index contributed by atoms with van der Waals surface area (Å²) in [6.07, 6.45) is 3.41. The molecule has 1 aliphatic rings. The Morgan fingerprint density at radius 3 is 2.60 bits per heavy atom. The van der Waals surface area contributed by atoms with Gasteiger partial charge in [0, 0.05) is 6.54 Å². The van der Waals surface area contributed by atoms with Crippen molar-refractivity contribution >= 4 is 10.0 Å². The molecule has 0 spiro atoms. The molecule has 1 N–H and O–H groups in total. The van der Waals surface area contributed by atoms with E-state index >= 15 is 0 Å². The number of hydrogen-bond acceptors (Lipinski definition) is 3. The van der Waals surface area contributed by atoms with Crippen molar-refractivity contribution in [2.75, 3.05) is 26.2 Å². The fourth-order valence-corrected chi connectivity index (χ4v) is 3.99. The second-order valence-electron chi connectivity index (χ2n) is 5.57.